The lowest BCUT2D eigenvalue weighted by molar-refractivity contribution is 0.773. The van der Waals surface area contributed by atoms with Crippen LogP contribution < -0.4 is 4.90 Å². The monoisotopic (exact) mass is 774 g/mol. The van der Waals surface area contributed by atoms with Gasteiger partial charge < -0.3 is 9.47 Å². The van der Waals surface area contributed by atoms with Gasteiger partial charge in [-0.3, -0.25) is 0 Å². The Morgan fingerprint density at radius 3 is 1.67 bits per heavy atom. The molecule has 0 unspecified atom stereocenters. The predicted octanol–water partition coefficient (Wildman–Crippen LogP) is 15.4. The molecule has 13 rings (SSSR count). The molecule has 2 heteroatoms. The van der Waals surface area contributed by atoms with Crippen LogP contribution in [0.25, 0.3) is 71.6 Å². The Balaban J connectivity index is 1.10. The summed E-state index contributed by atoms with van der Waals surface area (Å²) in [6.07, 6.45) is 0. The standard InChI is InChI=1S/C59H38N2/c1-3-17-39(18-4-1)44-23-9-13-31-55(44)61-56-32-14-10-26-48(56)49-36-34-43(38-57(49)61)60(41-21-5-2-6-22-41)42-33-35-47-50-27-15-19-40-20-16-30-53(58(40)50)59(54(47)37-42)51-28-11-7-24-45(51)46-25-8-12-29-52(46)59/h1-38H. The number of nitrogens with zero attached hydrogens (tertiary/aromatic N) is 2. The summed E-state index contributed by atoms with van der Waals surface area (Å²) in [7, 11) is 0. The molecule has 2 nitrogen and oxygen atoms in total. The Kier molecular flexibility index (Phi) is 7.26. The molecule has 11 aromatic rings. The van der Waals surface area contributed by atoms with Gasteiger partial charge in [-0.25, -0.2) is 0 Å². The summed E-state index contributed by atoms with van der Waals surface area (Å²) in [4.78, 5) is 2.45. The minimum Gasteiger partial charge on any atom is -0.310 e. The van der Waals surface area contributed by atoms with Crippen LogP contribution in [-0.2, 0) is 5.41 Å². The van der Waals surface area contributed by atoms with Crippen molar-refractivity contribution >= 4 is 49.6 Å². The van der Waals surface area contributed by atoms with E-state index >= 15 is 0 Å². The van der Waals surface area contributed by atoms with Crippen LogP contribution in [0, 0.1) is 0 Å². The molecule has 0 bridgehead atoms. The van der Waals surface area contributed by atoms with Crippen LogP contribution in [0.2, 0.25) is 0 Å². The number of para-hydroxylation sites is 3. The molecule has 10 aromatic carbocycles. The number of fused-ring (bicyclic) bond motifs is 12. The molecule has 2 aliphatic rings. The SMILES string of the molecule is c1ccc(-c2ccccc2-n2c3ccccc3c3ccc(N(c4ccccc4)c4ccc5c(c4)C4(c6ccccc6-c6ccccc64)c4cccc6cccc-5c46)cc32)cc1. The number of anilines is 3. The molecular formula is C59H38N2. The third-order valence-corrected chi connectivity index (χ3v) is 13.4. The lowest BCUT2D eigenvalue weighted by Crippen LogP contribution is -2.32. The van der Waals surface area contributed by atoms with E-state index in [0.29, 0.717) is 0 Å². The number of hydrogen-bond acceptors (Lipinski definition) is 1. The largest absolute Gasteiger partial charge is 0.310 e. The van der Waals surface area contributed by atoms with E-state index in [1.165, 1.54) is 82.7 Å². The molecule has 1 aromatic heterocycles. The lowest BCUT2D eigenvalue weighted by Gasteiger charge is -2.40. The summed E-state index contributed by atoms with van der Waals surface area (Å²) in [6.45, 7) is 0. The van der Waals surface area contributed by atoms with Gasteiger partial charge in [-0.2, -0.15) is 0 Å². The topological polar surface area (TPSA) is 8.17 Å². The average molecular weight is 775 g/mol. The van der Waals surface area contributed by atoms with Gasteiger partial charge in [-0.05, 0) is 109 Å². The molecule has 61 heavy (non-hydrogen) atoms. The van der Waals surface area contributed by atoms with Gasteiger partial charge in [0, 0.05) is 33.4 Å². The van der Waals surface area contributed by atoms with Crippen LogP contribution in [0.4, 0.5) is 17.1 Å². The summed E-state index contributed by atoms with van der Waals surface area (Å²) in [6, 6.07) is 85.4. The second-order valence-electron chi connectivity index (χ2n) is 16.4. The first-order valence-electron chi connectivity index (χ1n) is 21.2. The van der Waals surface area contributed by atoms with Crippen LogP contribution in [0.1, 0.15) is 22.3 Å². The van der Waals surface area contributed by atoms with Gasteiger partial charge >= 0.3 is 0 Å². The van der Waals surface area contributed by atoms with E-state index in [1.54, 1.807) is 0 Å². The summed E-state index contributed by atoms with van der Waals surface area (Å²) in [5.41, 5.74) is 19.2. The van der Waals surface area contributed by atoms with Crippen LogP contribution in [0.3, 0.4) is 0 Å². The molecule has 0 saturated carbocycles. The lowest BCUT2D eigenvalue weighted by atomic mass is 9.61. The van der Waals surface area contributed by atoms with E-state index in [0.717, 1.165) is 28.3 Å². The van der Waals surface area contributed by atoms with Gasteiger partial charge in [0.2, 0.25) is 0 Å². The fraction of sp³-hybridized carbons (Fsp3) is 0.0169. The van der Waals surface area contributed by atoms with E-state index in [-0.39, 0.29) is 0 Å². The maximum atomic E-state index is 2.50. The van der Waals surface area contributed by atoms with Crippen molar-refractivity contribution in [2.45, 2.75) is 5.41 Å². The highest BCUT2D eigenvalue weighted by molar-refractivity contribution is 6.11. The van der Waals surface area contributed by atoms with Crippen LogP contribution in [0.5, 0.6) is 0 Å². The van der Waals surface area contributed by atoms with Crippen LogP contribution in [0.15, 0.2) is 231 Å². The van der Waals surface area contributed by atoms with Gasteiger partial charge in [-0.15, -0.1) is 0 Å². The third-order valence-electron chi connectivity index (χ3n) is 13.4. The molecule has 284 valence electrons. The van der Waals surface area contributed by atoms with E-state index in [2.05, 4.69) is 240 Å². The number of benzene rings is 10. The summed E-state index contributed by atoms with van der Waals surface area (Å²) in [5, 5.41) is 5.07. The van der Waals surface area contributed by atoms with Crippen molar-refractivity contribution in [2.24, 2.45) is 0 Å². The normalized spacial score (nSPS) is 13.0. The maximum absolute atomic E-state index is 2.50. The maximum Gasteiger partial charge on any atom is 0.0726 e. The molecule has 0 amide bonds. The second kappa shape index (κ2) is 13.0. The molecule has 0 radical (unpaired) electrons. The first-order valence-corrected chi connectivity index (χ1v) is 21.2. The van der Waals surface area contributed by atoms with Crippen molar-refractivity contribution in [2.75, 3.05) is 4.90 Å². The highest BCUT2D eigenvalue weighted by Gasteiger charge is 2.50. The van der Waals surface area contributed by atoms with Crippen molar-refractivity contribution in [3.8, 4) is 39.1 Å². The van der Waals surface area contributed by atoms with Crippen LogP contribution >= 0.6 is 0 Å². The molecule has 2 aliphatic carbocycles. The van der Waals surface area contributed by atoms with Crippen molar-refractivity contribution in [1.82, 2.24) is 4.57 Å². The van der Waals surface area contributed by atoms with Gasteiger partial charge in [0.15, 0.2) is 0 Å². The minimum atomic E-state index is -0.508. The highest BCUT2D eigenvalue weighted by atomic mass is 15.1. The smallest absolute Gasteiger partial charge is 0.0726 e. The quantitative estimate of drug-likeness (QED) is 0.169. The van der Waals surface area contributed by atoms with Crippen molar-refractivity contribution in [3.05, 3.63) is 253 Å². The molecule has 0 atom stereocenters. The van der Waals surface area contributed by atoms with Gasteiger partial charge in [-0.1, -0.05) is 182 Å². The second-order valence-corrected chi connectivity index (χ2v) is 16.4. The van der Waals surface area contributed by atoms with Crippen molar-refractivity contribution < 1.29 is 0 Å². The molecule has 0 saturated heterocycles. The van der Waals surface area contributed by atoms with E-state index in [1.807, 2.05) is 0 Å². The van der Waals surface area contributed by atoms with Gasteiger partial charge in [0.25, 0.3) is 0 Å². The summed E-state index contributed by atoms with van der Waals surface area (Å²) < 4.78 is 2.46. The Hall–Kier alpha value is -7.94. The molecule has 0 aliphatic heterocycles. The van der Waals surface area contributed by atoms with E-state index in [9.17, 15) is 0 Å². The van der Waals surface area contributed by atoms with Crippen molar-refractivity contribution in [1.29, 1.82) is 0 Å². The van der Waals surface area contributed by atoms with E-state index < -0.39 is 5.41 Å². The van der Waals surface area contributed by atoms with Gasteiger partial charge in [0.1, 0.15) is 0 Å². The van der Waals surface area contributed by atoms with E-state index in [4.69, 9.17) is 0 Å². The minimum absolute atomic E-state index is 0.508. The zero-order chi connectivity index (χ0) is 40.1. The number of aromatic nitrogens is 1. The molecule has 0 N–H and O–H groups in total. The molecule has 0 fully saturated rings. The molecule has 1 heterocycles. The Morgan fingerprint density at radius 2 is 0.885 bits per heavy atom. The highest BCUT2D eigenvalue weighted by Crippen LogP contribution is 2.62. The predicted molar refractivity (Wildman–Crippen MR) is 255 cm³/mol. The zero-order valence-corrected chi connectivity index (χ0v) is 33.3. The number of rotatable bonds is 5. The molecular weight excluding hydrogens is 737 g/mol. The Bertz CT molecular complexity index is 3490. The average Bonchev–Trinajstić information content (AvgIpc) is 3.82. The fourth-order valence-corrected chi connectivity index (χ4v) is 11.0. The first-order chi connectivity index (χ1) is 30.3. The first kappa shape index (κ1) is 34.0. The summed E-state index contributed by atoms with van der Waals surface area (Å²) in [5.74, 6) is 0. The summed E-state index contributed by atoms with van der Waals surface area (Å²) >= 11 is 0. The van der Waals surface area contributed by atoms with Crippen LogP contribution in [-0.4, -0.2) is 4.57 Å². The van der Waals surface area contributed by atoms with Gasteiger partial charge in [0.05, 0.1) is 22.1 Å². The Labute approximate surface area is 354 Å². The third kappa shape index (κ3) is 4.73. The fourth-order valence-electron chi connectivity index (χ4n) is 11.0. The zero-order valence-electron chi connectivity index (χ0n) is 33.3. The molecule has 1 spiro atoms. The Morgan fingerprint density at radius 1 is 0.328 bits per heavy atom. The van der Waals surface area contributed by atoms with Crippen molar-refractivity contribution in [3.63, 3.8) is 0 Å². The number of hydrogen-bond donors (Lipinski definition) is 0.